The monoisotopic (exact) mass is 732 g/mol. The Morgan fingerprint density at radius 2 is 1.83 bits per heavy atom. The first-order valence-electron chi connectivity index (χ1n) is 17.7. The van der Waals surface area contributed by atoms with Gasteiger partial charge in [0.05, 0.1) is 29.1 Å². The number of nitrogens with zero attached hydrogens (tertiary/aromatic N) is 4. The van der Waals surface area contributed by atoms with E-state index in [1.165, 1.54) is 21.2 Å². The van der Waals surface area contributed by atoms with E-state index >= 15 is 0 Å². The molecule has 3 aromatic rings. The van der Waals surface area contributed by atoms with Gasteiger partial charge in [-0.3, -0.25) is 4.79 Å². The van der Waals surface area contributed by atoms with Gasteiger partial charge in [0, 0.05) is 18.9 Å². The van der Waals surface area contributed by atoms with Crippen molar-refractivity contribution in [2.24, 2.45) is 5.92 Å². The number of rotatable bonds is 14. The van der Waals surface area contributed by atoms with E-state index in [-0.39, 0.29) is 37.9 Å². The molecule has 3 heterocycles. The largest absolute Gasteiger partial charge is 0.471 e. The number of fused-ring (bicyclic) bond motifs is 1. The quantitative estimate of drug-likeness (QED) is 0.0829. The highest BCUT2D eigenvalue weighted by atomic mass is 32.1. The summed E-state index contributed by atoms with van der Waals surface area (Å²) >= 11 is 1.49. The number of allylic oxidation sites excluding steroid dienone is 1. The van der Waals surface area contributed by atoms with Crippen LogP contribution in [0.3, 0.4) is 0 Å². The van der Waals surface area contributed by atoms with Gasteiger partial charge in [0.25, 0.3) is 0 Å². The molecule has 52 heavy (non-hydrogen) atoms. The molecule has 2 N–H and O–H groups in total. The van der Waals surface area contributed by atoms with Crippen LogP contribution in [0.1, 0.15) is 66.2 Å². The van der Waals surface area contributed by atoms with Crippen molar-refractivity contribution in [2.75, 3.05) is 19.7 Å². The van der Waals surface area contributed by atoms with E-state index in [4.69, 9.17) is 24.2 Å². The predicted molar refractivity (Wildman–Crippen MR) is 198 cm³/mol. The van der Waals surface area contributed by atoms with Gasteiger partial charge in [0.15, 0.2) is 0 Å². The van der Waals surface area contributed by atoms with Crippen LogP contribution >= 0.6 is 11.3 Å². The lowest BCUT2D eigenvalue weighted by molar-refractivity contribution is -0.149. The van der Waals surface area contributed by atoms with E-state index in [1.807, 2.05) is 47.9 Å². The number of amides is 4. The van der Waals surface area contributed by atoms with E-state index in [0.717, 1.165) is 24.1 Å². The Bertz CT molecular complexity index is 1780. The van der Waals surface area contributed by atoms with Gasteiger partial charge in [-0.1, -0.05) is 36.8 Å². The number of urea groups is 1. The number of nitrogens with one attached hydrogen (secondary N) is 2. The molecule has 0 spiro atoms. The first kappa shape index (κ1) is 38.3. The number of unbranched alkanes of at least 4 members (excludes halogenated alkanes) is 3. The molecule has 0 unspecified atom stereocenters. The smallest absolute Gasteiger partial charge is 0.426 e. The van der Waals surface area contributed by atoms with Crippen LogP contribution < -0.4 is 15.5 Å². The van der Waals surface area contributed by atoms with E-state index in [1.54, 1.807) is 33.8 Å². The fraction of sp³-hybridized carbons (Fsp3) is 0.474. The highest BCUT2D eigenvalue weighted by Crippen LogP contribution is 2.46. The number of carbonyl (C=O) groups is 4. The molecule has 1 aliphatic heterocycles. The van der Waals surface area contributed by atoms with Crippen molar-refractivity contribution in [1.29, 1.82) is 0 Å². The maximum Gasteiger partial charge on any atom is 0.426 e. The SMILES string of the molecule is C=CCCCCCN(NC(=O)OC(C)(C)C)C(=O)N1C[C@H](Oc2nc3ccccc3nc2-c2cccs2)C[C@H]1C(=O)N[C@]1(C(=O)OCC)C[C@H]1C=C. The van der Waals surface area contributed by atoms with Crippen molar-refractivity contribution in [3.8, 4) is 16.5 Å². The Hall–Kier alpha value is -4.98. The van der Waals surface area contributed by atoms with Crippen LogP contribution in [0.25, 0.3) is 21.6 Å². The number of likely N-dealkylation sites (tertiary alicyclic amines) is 1. The summed E-state index contributed by atoms with van der Waals surface area (Å²) in [5.74, 6) is -1.17. The molecule has 1 aliphatic carbocycles. The molecular formula is C38H48N6O7S. The van der Waals surface area contributed by atoms with Gasteiger partial charge in [-0.25, -0.2) is 34.8 Å². The summed E-state index contributed by atoms with van der Waals surface area (Å²) in [5, 5.41) is 6.02. The lowest BCUT2D eigenvalue weighted by Crippen LogP contribution is -2.58. The molecule has 1 aromatic carbocycles. The minimum Gasteiger partial charge on any atom is -0.471 e. The summed E-state index contributed by atoms with van der Waals surface area (Å²) in [6.07, 6.45) is 5.38. The topological polar surface area (TPSA) is 152 Å². The fourth-order valence-electron chi connectivity index (χ4n) is 6.21. The average Bonchev–Trinajstić information content (AvgIpc) is 3.38. The summed E-state index contributed by atoms with van der Waals surface area (Å²) in [6, 6.07) is 9.60. The second kappa shape index (κ2) is 16.6. The number of esters is 1. The number of ether oxygens (including phenoxy) is 3. The number of thiophene rings is 1. The third-order valence-corrected chi connectivity index (χ3v) is 9.69. The Balaban J connectivity index is 1.46. The number of aromatic nitrogens is 2. The Labute approximate surface area is 308 Å². The summed E-state index contributed by atoms with van der Waals surface area (Å²) in [7, 11) is 0. The van der Waals surface area contributed by atoms with E-state index in [9.17, 15) is 19.2 Å². The van der Waals surface area contributed by atoms with Crippen LogP contribution in [0.15, 0.2) is 67.1 Å². The number of benzene rings is 1. The lowest BCUT2D eigenvalue weighted by Gasteiger charge is -2.32. The standard InChI is InChI=1S/C38H48N6O7S/c1-7-10-11-12-15-20-44(42-35(47)51-37(4,5)6)36(48)43-24-26(22-29(43)32(45)41-38(23-25(38)8-2)34(46)49-9-3)50-33-31(30-19-16-21-52-30)39-27-17-13-14-18-28(27)40-33/h7-8,13-14,16-19,21,25-26,29H,1-2,9-12,15,20,22-24H2,3-6H3,(H,41,45)(H,42,47)/t25-,26-,29+,38-/m1/s1. The lowest BCUT2D eigenvalue weighted by atomic mass is 10.1. The summed E-state index contributed by atoms with van der Waals surface area (Å²) in [4.78, 5) is 66.6. The van der Waals surface area contributed by atoms with Crippen LogP contribution in [0, 0.1) is 5.92 Å². The second-order valence-electron chi connectivity index (χ2n) is 13.9. The van der Waals surface area contributed by atoms with Crippen molar-refractivity contribution >= 4 is 46.4 Å². The van der Waals surface area contributed by atoms with Crippen molar-refractivity contribution in [2.45, 2.75) is 89.5 Å². The zero-order valence-electron chi connectivity index (χ0n) is 30.3. The molecule has 0 radical (unpaired) electrons. The van der Waals surface area contributed by atoms with Crippen LogP contribution in [0.4, 0.5) is 9.59 Å². The number of hydrogen-bond acceptors (Lipinski definition) is 10. The van der Waals surface area contributed by atoms with Gasteiger partial charge in [-0.05, 0) is 77.0 Å². The highest BCUT2D eigenvalue weighted by molar-refractivity contribution is 7.13. The van der Waals surface area contributed by atoms with Crippen molar-refractivity contribution < 1.29 is 33.4 Å². The zero-order chi connectivity index (χ0) is 37.5. The maximum atomic E-state index is 14.4. The number of hydrogen-bond donors (Lipinski definition) is 2. The van der Waals surface area contributed by atoms with E-state index in [0.29, 0.717) is 29.6 Å². The molecule has 0 bridgehead atoms. The second-order valence-corrected chi connectivity index (χ2v) is 14.8. The van der Waals surface area contributed by atoms with Gasteiger partial charge < -0.3 is 24.4 Å². The fourth-order valence-corrected chi connectivity index (χ4v) is 6.91. The average molecular weight is 733 g/mol. The first-order valence-corrected chi connectivity index (χ1v) is 18.5. The predicted octanol–water partition coefficient (Wildman–Crippen LogP) is 6.41. The molecule has 4 amide bonds. The summed E-state index contributed by atoms with van der Waals surface area (Å²) < 4.78 is 17.3. The zero-order valence-corrected chi connectivity index (χ0v) is 31.1. The van der Waals surface area contributed by atoms with Crippen molar-refractivity contribution in [3.05, 3.63) is 67.1 Å². The Morgan fingerprint density at radius 3 is 2.46 bits per heavy atom. The molecule has 1 saturated heterocycles. The minimum absolute atomic E-state index is 0.0183. The van der Waals surface area contributed by atoms with Gasteiger partial charge >= 0.3 is 18.1 Å². The van der Waals surface area contributed by atoms with Crippen LogP contribution in [-0.4, -0.2) is 86.9 Å². The molecule has 4 atom stereocenters. The first-order chi connectivity index (χ1) is 24.9. The molecule has 2 aliphatic rings. The normalized spacial score (nSPS) is 20.8. The summed E-state index contributed by atoms with van der Waals surface area (Å²) in [6.45, 7) is 14.8. The van der Waals surface area contributed by atoms with Crippen LogP contribution in [0.2, 0.25) is 0 Å². The molecule has 278 valence electrons. The molecule has 2 aromatic heterocycles. The van der Waals surface area contributed by atoms with Crippen molar-refractivity contribution in [3.63, 3.8) is 0 Å². The van der Waals surface area contributed by atoms with Gasteiger partial charge in [-0.15, -0.1) is 24.5 Å². The molecular weight excluding hydrogens is 685 g/mol. The van der Waals surface area contributed by atoms with Gasteiger partial charge in [0.1, 0.15) is 29.0 Å². The van der Waals surface area contributed by atoms with Crippen molar-refractivity contribution in [1.82, 2.24) is 30.6 Å². The molecule has 13 nitrogen and oxygen atoms in total. The molecule has 14 heteroatoms. The number of hydrazine groups is 1. The number of carbonyl (C=O) groups excluding carboxylic acids is 4. The van der Waals surface area contributed by atoms with Crippen LogP contribution in [0.5, 0.6) is 5.88 Å². The molecule has 1 saturated carbocycles. The van der Waals surface area contributed by atoms with Crippen LogP contribution in [-0.2, 0) is 19.1 Å². The summed E-state index contributed by atoms with van der Waals surface area (Å²) in [5.41, 5.74) is 2.38. The maximum absolute atomic E-state index is 14.4. The molecule has 5 rings (SSSR count). The van der Waals surface area contributed by atoms with Gasteiger partial charge in [-0.2, -0.15) is 0 Å². The third-order valence-electron chi connectivity index (χ3n) is 8.81. The highest BCUT2D eigenvalue weighted by Gasteiger charge is 2.62. The number of para-hydroxylation sites is 2. The Kier molecular flexibility index (Phi) is 12.2. The van der Waals surface area contributed by atoms with E-state index < -0.39 is 47.3 Å². The Morgan fingerprint density at radius 1 is 1.08 bits per heavy atom. The minimum atomic E-state index is -1.28. The molecule has 2 fully saturated rings. The van der Waals surface area contributed by atoms with Gasteiger partial charge in [0.2, 0.25) is 11.8 Å². The third kappa shape index (κ3) is 9.08. The van der Waals surface area contributed by atoms with E-state index in [2.05, 4.69) is 23.9 Å².